The predicted octanol–water partition coefficient (Wildman–Crippen LogP) is 1.70. The first-order chi connectivity index (χ1) is 38.9. The number of rotatable bonds is 26. The van der Waals surface area contributed by atoms with E-state index in [4.69, 9.17) is 5.73 Å². The number of benzene rings is 6. The van der Waals surface area contributed by atoms with Crippen molar-refractivity contribution in [2.75, 3.05) is 23.8 Å². The molecular weight excluding hydrogens is 1130 g/mol. The Kier molecular flexibility index (Phi) is 23.8. The largest absolute Gasteiger partial charge is 1.00 e. The summed E-state index contributed by atoms with van der Waals surface area (Å²) in [5.74, 6) is -7.63. The van der Waals surface area contributed by atoms with Gasteiger partial charge in [-0.15, -0.1) is 11.8 Å². The molecule has 82 heavy (non-hydrogen) atoms. The normalized spacial score (nSPS) is 15.2. The van der Waals surface area contributed by atoms with E-state index in [9.17, 15) is 37.3 Å². The summed E-state index contributed by atoms with van der Waals surface area (Å²) in [7, 11) is -4.98. The van der Waals surface area contributed by atoms with Crippen molar-refractivity contribution in [1.82, 2.24) is 31.5 Å². The van der Waals surface area contributed by atoms with Crippen LogP contribution in [0.25, 0.3) is 0 Å². The summed E-state index contributed by atoms with van der Waals surface area (Å²) in [4.78, 5) is 100. The molecule has 6 amide bonds. The number of hydrogen-bond acceptors (Lipinski definition) is 14. The van der Waals surface area contributed by atoms with Gasteiger partial charge < -0.3 is 46.9 Å². The topological polar surface area (TPSA) is 286 Å². The third-order valence-corrected chi connectivity index (χ3v) is 17.8. The van der Waals surface area contributed by atoms with Crippen LogP contribution < -0.4 is 61.9 Å². The van der Waals surface area contributed by atoms with Crippen LogP contribution in [0.2, 0.25) is 0 Å². The van der Waals surface area contributed by atoms with E-state index in [0.717, 1.165) is 16.7 Å². The van der Waals surface area contributed by atoms with Crippen LogP contribution in [0, 0.1) is 0 Å². The minimum absolute atomic E-state index is 0. The second-order valence-electron chi connectivity index (χ2n) is 19.1. The molecule has 0 aromatic heterocycles. The van der Waals surface area contributed by atoms with Gasteiger partial charge in [-0.2, -0.15) is 12.6 Å². The number of hydrogen-bond donors (Lipinski definition) is 8. The Morgan fingerprint density at radius 2 is 1.05 bits per heavy atom. The molecule has 1 aliphatic rings. The average molecular weight is 1200 g/mol. The summed E-state index contributed by atoms with van der Waals surface area (Å²) >= 11 is 5.26. The van der Waals surface area contributed by atoms with Crippen molar-refractivity contribution in [3.63, 3.8) is 0 Å². The maximum atomic E-state index is 15.4. The maximum Gasteiger partial charge on any atom is 1.00 e. The Labute approximate surface area is 512 Å². The first-order valence-corrected chi connectivity index (χ1v) is 30.4. The van der Waals surface area contributed by atoms with E-state index in [1.807, 2.05) is 182 Å². The van der Waals surface area contributed by atoms with Crippen molar-refractivity contribution < 1.29 is 81.2 Å². The fourth-order valence-electron chi connectivity index (χ4n) is 9.73. The van der Waals surface area contributed by atoms with Crippen molar-refractivity contribution in [3.05, 3.63) is 215 Å². The molecule has 0 spiro atoms. The van der Waals surface area contributed by atoms with E-state index >= 15 is 14.4 Å². The number of thiol groups is 1. The van der Waals surface area contributed by atoms with Crippen LogP contribution in [0.4, 0.5) is 0 Å². The number of amides is 6. The summed E-state index contributed by atoms with van der Waals surface area (Å²) < 4.78 is 33.9. The number of nitrogens with zero attached hydrogens (tertiary/aromatic N) is 1. The Morgan fingerprint density at radius 1 is 0.634 bits per heavy atom. The second-order valence-corrected chi connectivity index (χ2v) is 24.0. The van der Waals surface area contributed by atoms with Crippen LogP contribution in [-0.4, -0.2) is 124 Å². The number of likely N-dealkylation sites (tertiary alicyclic amines) is 1. The minimum Gasteiger partial charge on any atom is -0.739 e. The summed E-state index contributed by atoms with van der Waals surface area (Å²) in [6, 6.07) is 47.0. The van der Waals surface area contributed by atoms with Gasteiger partial charge in [-0.1, -0.05) is 182 Å². The molecule has 1 fully saturated rings. The standard InChI is InChI=1S/C59H63N7O11S4.Na/c1-39(52(68)63-48(36-78)57(73)74)61-55(71)50-33-20-34-66(50)56(72)47(35-51(67)65-58(40-21-8-2-9-22-40,41-23-10-3-11-24-41)42-25-12-4-13-26-42)62-54(70)49(64-53(69)46(60)37-80-81(75,76)77)38-79-59(43-27-14-5-15-28-43,44-29-16-6-17-30-44)45-31-18-7-19-32-45;/h2-19,21-32,39,46-50,78H,20,33-38,60H2,1H3,(H,61,71)(H,62,70)(H,63,68)(H,64,69)(H,65,67)(H,73,74)(H,75,76,77);/q;+1/p-1/t39-,46-,47-,48-,49-,50-;/m0./s1. The smallest absolute Gasteiger partial charge is 0.739 e. The van der Waals surface area contributed by atoms with Gasteiger partial charge in [0.15, 0.2) is 0 Å². The zero-order chi connectivity index (χ0) is 58.2. The van der Waals surface area contributed by atoms with Crippen LogP contribution in [0.15, 0.2) is 182 Å². The van der Waals surface area contributed by atoms with Crippen LogP contribution in [-0.2, 0) is 53.0 Å². The number of thioether (sulfide) groups is 1. The summed E-state index contributed by atoms with van der Waals surface area (Å²) in [6.45, 7) is 1.32. The Balaban J connectivity index is 0.0000108. The third kappa shape index (κ3) is 16.2. The molecule has 8 N–H and O–H groups in total. The van der Waals surface area contributed by atoms with Crippen molar-refractivity contribution >= 4 is 85.7 Å². The molecule has 0 aliphatic carbocycles. The molecule has 0 saturated carbocycles. The SMILES string of the molecule is C[C@H](NC(=O)[C@@H]1CCCN1C(=O)[C@H](CC(=O)NC(c1ccccc1)(c1ccccc1)c1ccccc1)NC(=O)[C@H](CSC(c1ccccc1)(c1ccccc1)c1ccccc1)NC(=O)[C@@H](N)CSS(=O)(=O)[O-])C(=O)N[C@@H](CS)C(=O)O.[Na+]. The van der Waals surface area contributed by atoms with Gasteiger partial charge in [0.05, 0.1) is 17.2 Å². The Bertz CT molecular complexity index is 3040. The molecule has 7 rings (SSSR count). The van der Waals surface area contributed by atoms with Gasteiger partial charge in [0.25, 0.3) is 0 Å². The summed E-state index contributed by atoms with van der Waals surface area (Å²) in [5.41, 5.74) is 9.15. The number of nitrogens with two attached hydrogens (primary N) is 1. The number of carbonyl (C=O) groups excluding carboxylic acids is 6. The van der Waals surface area contributed by atoms with Crippen LogP contribution in [0.5, 0.6) is 0 Å². The zero-order valence-electron chi connectivity index (χ0n) is 45.0. The maximum absolute atomic E-state index is 15.4. The van der Waals surface area contributed by atoms with Gasteiger partial charge in [0.2, 0.25) is 35.4 Å². The fraction of sp³-hybridized carbons (Fsp3) is 0.271. The summed E-state index contributed by atoms with van der Waals surface area (Å²) in [5, 5.41) is 23.1. The average Bonchev–Trinajstić information content (AvgIpc) is 2.65. The molecule has 424 valence electrons. The molecule has 0 bridgehead atoms. The molecule has 0 radical (unpaired) electrons. The van der Waals surface area contributed by atoms with E-state index in [1.165, 1.54) is 23.6 Å². The third-order valence-electron chi connectivity index (χ3n) is 13.7. The summed E-state index contributed by atoms with van der Waals surface area (Å²) in [6.07, 6.45) is -0.324. The van der Waals surface area contributed by atoms with Gasteiger partial charge >= 0.3 is 35.5 Å². The molecule has 1 saturated heterocycles. The monoisotopic (exact) mass is 1200 g/mol. The van der Waals surface area contributed by atoms with Crippen molar-refractivity contribution in [3.8, 4) is 0 Å². The van der Waals surface area contributed by atoms with E-state index in [1.54, 1.807) is 0 Å². The molecule has 1 aliphatic heterocycles. The Hall–Kier alpha value is -6.47. The second kappa shape index (κ2) is 30.2. The molecular formula is C59H62N7NaO11S4. The van der Waals surface area contributed by atoms with Gasteiger partial charge in [-0.3, -0.25) is 28.8 Å². The van der Waals surface area contributed by atoms with E-state index in [-0.39, 0.29) is 64.8 Å². The number of nitrogens with one attached hydrogen (secondary N) is 5. The molecule has 1 heterocycles. The number of carboxylic acid groups (broad SMARTS) is 1. The quantitative estimate of drug-likeness (QED) is 0.0126. The van der Waals surface area contributed by atoms with Crippen molar-refractivity contribution in [2.45, 2.75) is 72.7 Å². The van der Waals surface area contributed by atoms with Gasteiger partial charge in [0, 0.05) is 23.8 Å². The fourth-order valence-corrected chi connectivity index (χ4v) is 12.9. The molecule has 6 atom stereocenters. The van der Waals surface area contributed by atoms with Crippen molar-refractivity contribution in [1.29, 1.82) is 0 Å². The van der Waals surface area contributed by atoms with E-state index in [2.05, 4.69) is 39.2 Å². The molecule has 6 aromatic rings. The van der Waals surface area contributed by atoms with E-state index in [0.29, 0.717) is 23.1 Å². The van der Waals surface area contributed by atoms with Gasteiger partial charge in [0.1, 0.15) is 44.9 Å². The first-order valence-electron chi connectivity index (χ1n) is 25.9. The number of carboxylic acids is 1. The van der Waals surface area contributed by atoms with Crippen LogP contribution in [0.1, 0.15) is 59.6 Å². The number of aliphatic carboxylic acids is 1. The van der Waals surface area contributed by atoms with Crippen LogP contribution in [0.3, 0.4) is 0 Å². The van der Waals surface area contributed by atoms with Crippen molar-refractivity contribution in [2.24, 2.45) is 5.73 Å². The van der Waals surface area contributed by atoms with Gasteiger partial charge in [-0.25, -0.2) is 13.2 Å². The molecule has 6 aromatic carbocycles. The van der Waals surface area contributed by atoms with Gasteiger partial charge in [-0.05, 0) is 63.9 Å². The molecule has 23 heteroatoms. The molecule has 0 unspecified atom stereocenters. The zero-order valence-corrected chi connectivity index (χ0v) is 50.3. The van der Waals surface area contributed by atoms with Crippen LogP contribution >= 0.6 is 35.2 Å². The number of carbonyl (C=O) groups is 7. The minimum atomic E-state index is -4.89. The first kappa shape index (κ1) is 64.7. The predicted molar refractivity (Wildman–Crippen MR) is 313 cm³/mol. The van der Waals surface area contributed by atoms with E-state index < -0.39 is 109 Å². The Morgan fingerprint density at radius 3 is 1.46 bits per heavy atom. The molecule has 18 nitrogen and oxygen atoms in total.